The first-order valence-electron chi connectivity index (χ1n) is 7.53. The molecule has 0 fully saturated rings. The number of fused-ring (bicyclic) bond motifs is 1. The number of rotatable bonds is 4. The molecule has 5 nitrogen and oxygen atoms in total. The van der Waals surface area contributed by atoms with Crippen LogP contribution in [-0.4, -0.2) is 27.7 Å². The monoisotopic (exact) mass is 401 g/mol. The summed E-state index contributed by atoms with van der Waals surface area (Å²) in [7, 11) is 0. The molecule has 1 aromatic heterocycles. The molecular weight excluding hydrogens is 390 g/mol. The van der Waals surface area contributed by atoms with Gasteiger partial charge in [0.1, 0.15) is 10.7 Å². The van der Waals surface area contributed by atoms with Gasteiger partial charge in [-0.15, -0.1) is 11.3 Å². The Morgan fingerprint density at radius 1 is 1.33 bits per heavy atom. The van der Waals surface area contributed by atoms with Crippen molar-refractivity contribution in [2.24, 2.45) is 4.99 Å². The number of hydrogen-bond acceptors (Lipinski definition) is 5. The van der Waals surface area contributed by atoms with Crippen LogP contribution in [0.5, 0.6) is 0 Å². The summed E-state index contributed by atoms with van der Waals surface area (Å²) in [5.41, 5.74) is -0.554. The van der Waals surface area contributed by atoms with Crippen LogP contribution in [0.2, 0.25) is 0 Å². The number of allylic oxidation sites excluding steroid dienone is 4. The third-order valence-corrected chi connectivity index (χ3v) is 5.07. The van der Waals surface area contributed by atoms with Gasteiger partial charge in [0.05, 0.1) is 17.7 Å². The van der Waals surface area contributed by atoms with E-state index < -0.39 is 52.8 Å². The average molecular weight is 401 g/mol. The van der Waals surface area contributed by atoms with Crippen molar-refractivity contribution in [3.05, 3.63) is 55.9 Å². The summed E-state index contributed by atoms with van der Waals surface area (Å²) in [5, 5.41) is 20.1. The van der Waals surface area contributed by atoms with Crippen LogP contribution in [0.3, 0.4) is 0 Å². The molecule has 3 rings (SSSR count). The number of Topliss-reactive ketones (excluding diaryl/α,β-unsaturated/α-hetero) is 1. The summed E-state index contributed by atoms with van der Waals surface area (Å²) >= 11 is 0.292. The van der Waals surface area contributed by atoms with E-state index in [4.69, 9.17) is 5.11 Å². The molecule has 1 aromatic rings. The number of carbonyl (C=O) groups is 2. The molecular formula is C17H11F4NO4S. The van der Waals surface area contributed by atoms with E-state index in [-0.39, 0.29) is 28.1 Å². The number of aliphatic hydroxyl groups is 1. The van der Waals surface area contributed by atoms with Gasteiger partial charge in [0.25, 0.3) is 0 Å². The number of hydrogen-bond donors (Lipinski definition) is 2. The second-order valence-corrected chi connectivity index (χ2v) is 6.81. The summed E-state index contributed by atoms with van der Waals surface area (Å²) in [6.07, 6.45) is -5.62. The molecule has 0 radical (unpaired) electrons. The second kappa shape index (κ2) is 6.45. The Morgan fingerprint density at radius 2 is 2.00 bits per heavy atom. The third kappa shape index (κ3) is 3.32. The maximum Gasteiger partial charge on any atom is 0.425 e. The summed E-state index contributed by atoms with van der Waals surface area (Å²) in [4.78, 5) is 26.9. The van der Waals surface area contributed by atoms with Crippen LogP contribution in [0, 0.1) is 0 Å². The number of halogens is 4. The molecule has 1 aliphatic heterocycles. The number of carboxylic acids is 1. The summed E-state index contributed by atoms with van der Waals surface area (Å²) in [6.45, 7) is 1.47. The molecule has 1 aliphatic carbocycles. The molecule has 0 bridgehead atoms. The molecule has 2 heterocycles. The molecule has 0 spiro atoms. The Labute approximate surface area is 153 Å². The fourth-order valence-corrected chi connectivity index (χ4v) is 3.68. The van der Waals surface area contributed by atoms with Crippen molar-refractivity contribution in [3.8, 4) is 0 Å². The van der Waals surface area contributed by atoms with Gasteiger partial charge in [0, 0.05) is 28.6 Å². The standard InChI is InChI=1S/C17H11F4NO4S/c1-6-8(3-12(23)24)13-10(22-6)4-9(18)16(26)14(13)15(25)7-2-11(27-5-7)17(19,20)21/h2,5,26H,3-4H2,1H3,(H,23,24). The number of carbonyl (C=O) groups excluding carboxylic acids is 1. The van der Waals surface area contributed by atoms with E-state index in [0.29, 0.717) is 17.4 Å². The van der Waals surface area contributed by atoms with Crippen molar-refractivity contribution in [3.63, 3.8) is 0 Å². The van der Waals surface area contributed by atoms with Gasteiger partial charge in [-0.05, 0) is 18.6 Å². The van der Waals surface area contributed by atoms with Crippen LogP contribution in [0.1, 0.15) is 35.0 Å². The van der Waals surface area contributed by atoms with E-state index in [9.17, 15) is 32.3 Å². The Balaban J connectivity index is 2.16. The van der Waals surface area contributed by atoms with Crippen LogP contribution < -0.4 is 0 Å². The number of alkyl halides is 3. The lowest BCUT2D eigenvalue weighted by Crippen LogP contribution is -2.20. The van der Waals surface area contributed by atoms with Crippen LogP contribution >= 0.6 is 11.3 Å². The zero-order valence-corrected chi connectivity index (χ0v) is 14.5. The molecule has 0 saturated carbocycles. The van der Waals surface area contributed by atoms with Crippen LogP contribution in [0.25, 0.3) is 0 Å². The van der Waals surface area contributed by atoms with Crippen molar-refractivity contribution >= 4 is 28.8 Å². The quantitative estimate of drug-likeness (QED) is 0.571. The number of aliphatic imine (C=N–C) groups is 1. The fourth-order valence-electron chi connectivity index (χ4n) is 2.93. The van der Waals surface area contributed by atoms with Gasteiger partial charge in [-0.25, -0.2) is 4.39 Å². The normalized spacial score (nSPS) is 17.4. The topological polar surface area (TPSA) is 87.0 Å². The predicted molar refractivity (Wildman–Crippen MR) is 88.4 cm³/mol. The van der Waals surface area contributed by atoms with Gasteiger partial charge in [-0.2, -0.15) is 13.2 Å². The number of nitrogens with zero attached hydrogens (tertiary/aromatic N) is 1. The van der Waals surface area contributed by atoms with Crippen molar-refractivity contribution in [1.82, 2.24) is 0 Å². The lowest BCUT2D eigenvalue weighted by atomic mass is 9.85. The minimum Gasteiger partial charge on any atom is -0.505 e. The van der Waals surface area contributed by atoms with Crippen LogP contribution in [0.4, 0.5) is 17.6 Å². The van der Waals surface area contributed by atoms with E-state index in [2.05, 4.69) is 4.99 Å². The lowest BCUT2D eigenvalue weighted by molar-refractivity contribution is -0.136. The summed E-state index contributed by atoms with van der Waals surface area (Å²) in [5.74, 6) is -4.33. The smallest absolute Gasteiger partial charge is 0.425 e. The fraction of sp³-hybridized carbons (Fsp3) is 0.235. The highest BCUT2D eigenvalue weighted by Gasteiger charge is 2.38. The van der Waals surface area contributed by atoms with Gasteiger partial charge in [0.2, 0.25) is 0 Å². The van der Waals surface area contributed by atoms with Crippen molar-refractivity contribution in [2.45, 2.75) is 25.9 Å². The highest BCUT2D eigenvalue weighted by molar-refractivity contribution is 7.10. The van der Waals surface area contributed by atoms with Crippen molar-refractivity contribution in [2.75, 3.05) is 0 Å². The zero-order valence-electron chi connectivity index (χ0n) is 13.6. The first kappa shape index (κ1) is 19.0. The number of thiophene rings is 1. The maximum absolute atomic E-state index is 14.1. The van der Waals surface area contributed by atoms with Crippen LogP contribution in [0.15, 0.2) is 50.4 Å². The number of aliphatic carboxylic acids is 1. The maximum atomic E-state index is 14.1. The van der Waals surface area contributed by atoms with E-state index in [1.165, 1.54) is 6.92 Å². The molecule has 0 atom stereocenters. The first-order chi connectivity index (χ1) is 12.5. The Morgan fingerprint density at radius 3 is 2.56 bits per heavy atom. The van der Waals surface area contributed by atoms with E-state index >= 15 is 0 Å². The minimum absolute atomic E-state index is 0.0291. The van der Waals surface area contributed by atoms with Crippen LogP contribution in [-0.2, 0) is 11.0 Å². The predicted octanol–water partition coefficient (Wildman–Crippen LogP) is 4.59. The Bertz CT molecular complexity index is 995. The zero-order chi connectivity index (χ0) is 20.1. The Hall–Kier alpha value is -2.75. The van der Waals surface area contributed by atoms with E-state index in [1.54, 1.807) is 0 Å². The summed E-state index contributed by atoms with van der Waals surface area (Å²) in [6, 6.07) is 0.611. The second-order valence-electron chi connectivity index (χ2n) is 5.90. The van der Waals surface area contributed by atoms with E-state index in [1.807, 2.05) is 0 Å². The molecule has 10 heteroatoms. The molecule has 2 N–H and O–H groups in total. The van der Waals surface area contributed by atoms with E-state index in [0.717, 1.165) is 5.38 Å². The molecule has 0 saturated heterocycles. The SMILES string of the molecule is CC1=C(CC(=O)O)C2=C(C(=O)c3csc(C(F)(F)F)c3)C(O)=C(F)CC2=N1. The average Bonchev–Trinajstić information content (AvgIpc) is 3.14. The molecule has 27 heavy (non-hydrogen) atoms. The van der Waals surface area contributed by atoms with Crippen molar-refractivity contribution in [1.29, 1.82) is 0 Å². The van der Waals surface area contributed by atoms with Gasteiger partial charge in [0.15, 0.2) is 11.5 Å². The Kier molecular flexibility index (Phi) is 4.54. The highest BCUT2D eigenvalue weighted by atomic mass is 32.1. The number of aliphatic hydroxyl groups excluding tert-OH is 1. The minimum atomic E-state index is -4.65. The number of ketones is 1. The first-order valence-corrected chi connectivity index (χ1v) is 8.41. The number of carboxylic acid groups (broad SMARTS) is 1. The lowest BCUT2D eigenvalue weighted by Gasteiger charge is -2.19. The summed E-state index contributed by atoms with van der Waals surface area (Å²) < 4.78 is 52.5. The largest absolute Gasteiger partial charge is 0.505 e. The van der Waals surface area contributed by atoms with Gasteiger partial charge in [-0.1, -0.05) is 0 Å². The highest BCUT2D eigenvalue weighted by Crippen LogP contribution is 2.41. The van der Waals surface area contributed by atoms with Gasteiger partial charge < -0.3 is 10.2 Å². The molecule has 0 unspecified atom stereocenters. The third-order valence-electron chi connectivity index (χ3n) is 4.09. The molecule has 0 aromatic carbocycles. The molecule has 142 valence electrons. The van der Waals surface area contributed by atoms with Crippen molar-refractivity contribution < 1.29 is 37.4 Å². The molecule has 0 amide bonds. The molecule has 2 aliphatic rings. The van der Waals surface area contributed by atoms with Gasteiger partial charge in [-0.3, -0.25) is 14.6 Å². The van der Waals surface area contributed by atoms with Gasteiger partial charge >= 0.3 is 12.1 Å².